The molecule has 0 aliphatic carbocycles. The summed E-state index contributed by atoms with van der Waals surface area (Å²) in [5.74, 6) is 0. The molecule has 0 radical (unpaired) electrons. The third-order valence-corrected chi connectivity index (χ3v) is 2.24. The highest BCUT2D eigenvalue weighted by atomic mass is 32.1. The Bertz CT molecular complexity index is 507. The number of nitrogens with zero attached hydrogens (tertiary/aromatic N) is 1. The van der Waals surface area contributed by atoms with E-state index >= 15 is 0 Å². The maximum atomic E-state index is 12.4. The lowest BCUT2D eigenvalue weighted by atomic mass is 10.1. The van der Waals surface area contributed by atoms with Gasteiger partial charge in [0.25, 0.3) is 0 Å². The van der Waals surface area contributed by atoms with E-state index in [1.807, 2.05) is 0 Å². The summed E-state index contributed by atoms with van der Waals surface area (Å²) in [6, 6.07) is 5.00. The van der Waals surface area contributed by atoms with Gasteiger partial charge in [-0.1, -0.05) is 0 Å². The Hall–Kier alpha value is -1.23. The second-order valence-corrected chi connectivity index (χ2v) is 3.62. The average molecular weight is 229 g/mol. The fourth-order valence-corrected chi connectivity index (χ4v) is 1.49. The van der Waals surface area contributed by atoms with Crippen molar-refractivity contribution >= 4 is 23.5 Å². The van der Waals surface area contributed by atoms with E-state index in [1.165, 1.54) is 12.3 Å². The predicted molar refractivity (Wildman–Crippen MR) is 54.0 cm³/mol. The van der Waals surface area contributed by atoms with Crippen molar-refractivity contribution in [2.45, 2.75) is 11.1 Å². The Balaban J connectivity index is 2.64. The maximum Gasteiger partial charge on any atom is 0.416 e. The first-order valence-electron chi connectivity index (χ1n) is 4.13. The Morgan fingerprint density at radius 1 is 1.13 bits per heavy atom. The second kappa shape index (κ2) is 3.41. The minimum atomic E-state index is -4.32. The fraction of sp³-hybridized carbons (Fsp3) is 0.100. The summed E-state index contributed by atoms with van der Waals surface area (Å²) in [4.78, 5) is 4.50. The van der Waals surface area contributed by atoms with Crippen LogP contribution in [-0.4, -0.2) is 4.98 Å². The summed E-state index contributed by atoms with van der Waals surface area (Å²) in [6.45, 7) is 0. The van der Waals surface area contributed by atoms with Gasteiger partial charge >= 0.3 is 6.18 Å². The van der Waals surface area contributed by atoms with Crippen LogP contribution in [0.5, 0.6) is 0 Å². The summed E-state index contributed by atoms with van der Waals surface area (Å²) in [7, 11) is 0. The number of aromatic nitrogens is 1. The molecule has 0 aliphatic heterocycles. The van der Waals surface area contributed by atoms with Gasteiger partial charge in [0.1, 0.15) is 0 Å². The second-order valence-electron chi connectivity index (χ2n) is 3.10. The smallest absolute Gasteiger partial charge is 0.255 e. The average Bonchev–Trinajstić information content (AvgIpc) is 2.15. The summed E-state index contributed by atoms with van der Waals surface area (Å²) >= 11 is 4.02. The minimum absolute atomic E-state index is 0.442. The van der Waals surface area contributed by atoms with Gasteiger partial charge in [-0.25, -0.2) is 0 Å². The van der Waals surface area contributed by atoms with E-state index in [-0.39, 0.29) is 0 Å². The molecule has 0 saturated heterocycles. The SMILES string of the molecule is FC(F)(F)c1ccc2ncc(S)cc2c1. The monoisotopic (exact) mass is 229 g/mol. The van der Waals surface area contributed by atoms with Crippen LogP contribution < -0.4 is 0 Å². The molecule has 1 heterocycles. The minimum Gasteiger partial charge on any atom is -0.255 e. The van der Waals surface area contributed by atoms with Crippen LogP contribution in [0.2, 0.25) is 0 Å². The molecule has 1 nitrogen and oxygen atoms in total. The normalized spacial score (nSPS) is 12.0. The molecule has 0 atom stereocenters. The molecule has 78 valence electrons. The zero-order valence-corrected chi connectivity index (χ0v) is 8.31. The molecule has 0 N–H and O–H groups in total. The number of alkyl halides is 3. The Morgan fingerprint density at radius 2 is 1.87 bits per heavy atom. The molecule has 15 heavy (non-hydrogen) atoms. The number of hydrogen-bond acceptors (Lipinski definition) is 2. The fourth-order valence-electron chi connectivity index (χ4n) is 1.30. The van der Waals surface area contributed by atoms with E-state index in [4.69, 9.17) is 0 Å². The molecule has 0 aliphatic rings. The van der Waals surface area contributed by atoms with Gasteiger partial charge in [-0.3, -0.25) is 4.98 Å². The summed E-state index contributed by atoms with van der Waals surface area (Å²) < 4.78 is 37.1. The molecule has 0 fully saturated rings. The summed E-state index contributed by atoms with van der Waals surface area (Å²) in [6.07, 6.45) is -2.82. The number of halogens is 3. The highest BCUT2D eigenvalue weighted by molar-refractivity contribution is 7.80. The highest BCUT2D eigenvalue weighted by Crippen LogP contribution is 2.31. The first-order chi connectivity index (χ1) is 6.97. The van der Waals surface area contributed by atoms with Crippen molar-refractivity contribution in [1.82, 2.24) is 4.98 Å². The number of hydrogen-bond donors (Lipinski definition) is 1. The first kappa shape index (κ1) is 10.3. The number of rotatable bonds is 0. The van der Waals surface area contributed by atoms with E-state index in [0.29, 0.717) is 15.8 Å². The molecule has 1 aromatic heterocycles. The van der Waals surface area contributed by atoms with Crippen LogP contribution in [0.1, 0.15) is 5.56 Å². The lowest BCUT2D eigenvalue weighted by molar-refractivity contribution is -0.137. The molecule has 0 unspecified atom stereocenters. The molecule has 5 heteroatoms. The van der Waals surface area contributed by atoms with E-state index in [2.05, 4.69) is 17.6 Å². The van der Waals surface area contributed by atoms with E-state index in [0.717, 1.165) is 12.1 Å². The molecule has 0 spiro atoms. The van der Waals surface area contributed by atoms with Gasteiger partial charge in [-0.15, -0.1) is 12.6 Å². The Kier molecular flexibility index (Phi) is 2.34. The number of fused-ring (bicyclic) bond motifs is 1. The number of benzene rings is 1. The highest BCUT2D eigenvalue weighted by Gasteiger charge is 2.30. The van der Waals surface area contributed by atoms with Gasteiger partial charge < -0.3 is 0 Å². The van der Waals surface area contributed by atoms with Gasteiger partial charge in [-0.2, -0.15) is 13.2 Å². The van der Waals surface area contributed by atoms with Crippen molar-refractivity contribution in [2.24, 2.45) is 0 Å². The Labute approximate surface area is 89.3 Å². The Morgan fingerprint density at radius 3 is 2.53 bits per heavy atom. The van der Waals surface area contributed by atoms with Gasteiger partial charge in [0.05, 0.1) is 11.1 Å². The summed E-state index contributed by atoms with van der Waals surface area (Å²) in [5.41, 5.74) is -0.142. The van der Waals surface area contributed by atoms with Gasteiger partial charge in [0.2, 0.25) is 0 Å². The van der Waals surface area contributed by atoms with Crippen LogP contribution in [0.4, 0.5) is 13.2 Å². The summed E-state index contributed by atoms with van der Waals surface area (Å²) in [5, 5.41) is 0.442. The molecule has 2 rings (SSSR count). The van der Waals surface area contributed by atoms with Gasteiger partial charge in [0, 0.05) is 16.5 Å². The van der Waals surface area contributed by atoms with Gasteiger partial charge in [0.15, 0.2) is 0 Å². The van der Waals surface area contributed by atoms with Crippen molar-refractivity contribution in [3.8, 4) is 0 Å². The predicted octanol–water partition coefficient (Wildman–Crippen LogP) is 3.54. The molecular formula is C10H6F3NS. The number of thiol groups is 1. The maximum absolute atomic E-state index is 12.4. The van der Waals surface area contributed by atoms with Crippen molar-refractivity contribution in [3.63, 3.8) is 0 Å². The van der Waals surface area contributed by atoms with Crippen molar-refractivity contribution < 1.29 is 13.2 Å². The quantitative estimate of drug-likeness (QED) is 0.682. The molecule has 0 saturated carbocycles. The van der Waals surface area contributed by atoms with E-state index < -0.39 is 11.7 Å². The van der Waals surface area contributed by atoms with Crippen LogP contribution in [0.3, 0.4) is 0 Å². The van der Waals surface area contributed by atoms with Crippen molar-refractivity contribution in [1.29, 1.82) is 0 Å². The lowest BCUT2D eigenvalue weighted by Crippen LogP contribution is -2.04. The zero-order valence-electron chi connectivity index (χ0n) is 7.42. The molecule has 0 amide bonds. The standard InChI is InChI=1S/C10H6F3NS/c11-10(12,13)7-1-2-9-6(3-7)4-8(15)5-14-9/h1-5,15H. The van der Waals surface area contributed by atoms with Crippen LogP contribution in [0.15, 0.2) is 35.4 Å². The molecule has 1 aromatic carbocycles. The van der Waals surface area contributed by atoms with Crippen LogP contribution >= 0.6 is 12.6 Å². The van der Waals surface area contributed by atoms with Crippen molar-refractivity contribution in [3.05, 3.63) is 36.0 Å². The molecular weight excluding hydrogens is 223 g/mol. The molecule has 2 aromatic rings. The van der Waals surface area contributed by atoms with Crippen LogP contribution in [0.25, 0.3) is 10.9 Å². The molecule has 0 bridgehead atoms. The van der Waals surface area contributed by atoms with Crippen LogP contribution in [0, 0.1) is 0 Å². The zero-order chi connectivity index (χ0) is 11.1. The van der Waals surface area contributed by atoms with Crippen molar-refractivity contribution in [2.75, 3.05) is 0 Å². The largest absolute Gasteiger partial charge is 0.416 e. The van der Waals surface area contributed by atoms with E-state index in [1.54, 1.807) is 6.07 Å². The third kappa shape index (κ3) is 2.07. The van der Waals surface area contributed by atoms with E-state index in [9.17, 15) is 13.2 Å². The number of pyridine rings is 1. The lowest BCUT2D eigenvalue weighted by Gasteiger charge is -2.07. The van der Waals surface area contributed by atoms with Gasteiger partial charge in [-0.05, 0) is 24.3 Å². The topological polar surface area (TPSA) is 12.9 Å². The van der Waals surface area contributed by atoms with Crippen LogP contribution in [-0.2, 0) is 6.18 Å². The first-order valence-corrected chi connectivity index (χ1v) is 4.57. The third-order valence-electron chi connectivity index (χ3n) is 1.99.